The number of hydrogen-bond acceptors (Lipinski definition) is 3. The van der Waals surface area contributed by atoms with E-state index >= 15 is 0 Å². The fourth-order valence-electron chi connectivity index (χ4n) is 1.95. The van der Waals surface area contributed by atoms with Crippen LogP contribution >= 0.6 is 0 Å². The lowest BCUT2D eigenvalue weighted by Gasteiger charge is -2.06. The average Bonchev–Trinajstić information content (AvgIpc) is 2.85. The zero-order valence-electron chi connectivity index (χ0n) is 10.7. The lowest BCUT2D eigenvalue weighted by Crippen LogP contribution is -2.25. The minimum atomic E-state index is -0.0267. The van der Waals surface area contributed by atoms with Crippen LogP contribution in [-0.2, 0) is 11.2 Å². The van der Waals surface area contributed by atoms with Crippen molar-refractivity contribution in [1.82, 2.24) is 5.32 Å². The number of fused-ring (bicyclic) bond motifs is 1. The molecule has 1 aliphatic rings. The SMILES string of the molecule is CCOCCCNC(=O)c1ccc2c(c1)CCO2. The second-order valence-electron chi connectivity index (χ2n) is 4.23. The van der Waals surface area contributed by atoms with Gasteiger partial charge >= 0.3 is 0 Å². The molecule has 4 heteroatoms. The highest BCUT2D eigenvalue weighted by atomic mass is 16.5. The molecule has 1 aromatic carbocycles. The molecule has 1 N–H and O–H groups in total. The Bertz CT molecular complexity index is 418. The summed E-state index contributed by atoms with van der Waals surface area (Å²) in [4.78, 5) is 11.9. The number of hydrogen-bond donors (Lipinski definition) is 1. The first-order valence-corrected chi connectivity index (χ1v) is 6.43. The van der Waals surface area contributed by atoms with Gasteiger partial charge in [0, 0.05) is 31.7 Å². The molecule has 4 nitrogen and oxygen atoms in total. The first-order chi connectivity index (χ1) is 8.81. The first kappa shape index (κ1) is 12.9. The summed E-state index contributed by atoms with van der Waals surface area (Å²) in [6, 6.07) is 5.60. The molecule has 1 aliphatic heterocycles. The van der Waals surface area contributed by atoms with Gasteiger partial charge in [0.2, 0.25) is 0 Å². The van der Waals surface area contributed by atoms with Crippen molar-refractivity contribution in [3.05, 3.63) is 29.3 Å². The Morgan fingerprint density at radius 3 is 3.22 bits per heavy atom. The molecule has 0 aromatic heterocycles. The smallest absolute Gasteiger partial charge is 0.251 e. The molecule has 18 heavy (non-hydrogen) atoms. The van der Waals surface area contributed by atoms with E-state index in [1.54, 1.807) is 0 Å². The number of rotatable bonds is 6. The fraction of sp³-hybridized carbons (Fsp3) is 0.500. The zero-order chi connectivity index (χ0) is 12.8. The molecule has 1 amide bonds. The van der Waals surface area contributed by atoms with Crippen LogP contribution in [-0.4, -0.2) is 32.3 Å². The molecule has 0 fully saturated rings. The highest BCUT2D eigenvalue weighted by Crippen LogP contribution is 2.25. The topological polar surface area (TPSA) is 47.6 Å². The van der Waals surface area contributed by atoms with E-state index in [-0.39, 0.29) is 5.91 Å². The number of ether oxygens (including phenoxy) is 2. The minimum Gasteiger partial charge on any atom is -0.493 e. The number of benzene rings is 1. The maximum absolute atomic E-state index is 11.9. The van der Waals surface area contributed by atoms with Gasteiger partial charge in [0.25, 0.3) is 5.91 Å². The van der Waals surface area contributed by atoms with Gasteiger partial charge in [-0.25, -0.2) is 0 Å². The molecule has 0 saturated heterocycles. The standard InChI is InChI=1S/C14H19NO3/c1-2-17-8-3-7-15-14(16)12-4-5-13-11(10-12)6-9-18-13/h4-5,10H,2-3,6-9H2,1H3,(H,15,16). The van der Waals surface area contributed by atoms with Crippen molar-refractivity contribution in [2.75, 3.05) is 26.4 Å². The third-order valence-corrected chi connectivity index (χ3v) is 2.91. The van der Waals surface area contributed by atoms with Crippen LogP contribution in [0, 0.1) is 0 Å². The molecular weight excluding hydrogens is 230 g/mol. The van der Waals surface area contributed by atoms with E-state index in [0.29, 0.717) is 18.7 Å². The van der Waals surface area contributed by atoms with Gasteiger partial charge in [0.05, 0.1) is 6.61 Å². The Hall–Kier alpha value is -1.55. The van der Waals surface area contributed by atoms with Crippen LogP contribution in [0.15, 0.2) is 18.2 Å². The molecule has 0 atom stereocenters. The molecule has 0 saturated carbocycles. The largest absolute Gasteiger partial charge is 0.493 e. The molecule has 0 unspecified atom stereocenters. The predicted octanol–water partition coefficient (Wildman–Crippen LogP) is 1.78. The maximum Gasteiger partial charge on any atom is 0.251 e. The summed E-state index contributed by atoms with van der Waals surface area (Å²) in [7, 11) is 0. The molecule has 98 valence electrons. The van der Waals surface area contributed by atoms with Crippen LogP contribution in [0.2, 0.25) is 0 Å². The van der Waals surface area contributed by atoms with Crippen molar-refractivity contribution in [2.24, 2.45) is 0 Å². The quantitative estimate of drug-likeness (QED) is 0.782. The van der Waals surface area contributed by atoms with Crippen LogP contribution in [0.25, 0.3) is 0 Å². The van der Waals surface area contributed by atoms with Crippen molar-refractivity contribution in [1.29, 1.82) is 0 Å². The van der Waals surface area contributed by atoms with E-state index < -0.39 is 0 Å². The number of carbonyl (C=O) groups excluding carboxylic acids is 1. The molecule has 1 aromatic rings. The van der Waals surface area contributed by atoms with Gasteiger partial charge in [-0.1, -0.05) is 0 Å². The van der Waals surface area contributed by atoms with Crippen molar-refractivity contribution in [3.63, 3.8) is 0 Å². The second-order valence-corrected chi connectivity index (χ2v) is 4.23. The Balaban J connectivity index is 1.82. The van der Waals surface area contributed by atoms with Crippen LogP contribution < -0.4 is 10.1 Å². The van der Waals surface area contributed by atoms with Crippen molar-refractivity contribution in [3.8, 4) is 5.75 Å². The van der Waals surface area contributed by atoms with E-state index in [1.165, 1.54) is 0 Å². The van der Waals surface area contributed by atoms with Crippen LogP contribution in [0.3, 0.4) is 0 Å². The molecule has 2 rings (SSSR count). The Kier molecular flexibility index (Phi) is 4.59. The average molecular weight is 249 g/mol. The van der Waals surface area contributed by atoms with E-state index in [0.717, 1.165) is 37.4 Å². The van der Waals surface area contributed by atoms with Crippen molar-refractivity contribution >= 4 is 5.91 Å². The summed E-state index contributed by atoms with van der Waals surface area (Å²) < 4.78 is 10.6. The first-order valence-electron chi connectivity index (χ1n) is 6.43. The van der Waals surface area contributed by atoms with E-state index in [9.17, 15) is 4.79 Å². The predicted molar refractivity (Wildman–Crippen MR) is 69.1 cm³/mol. The van der Waals surface area contributed by atoms with E-state index in [1.807, 2.05) is 25.1 Å². The highest BCUT2D eigenvalue weighted by Gasteiger charge is 2.14. The summed E-state index contributed by atoms with van der Waals surface area (Å²) in [5, 5.41) is 2.89. The molecule has 1 heterocycles. The van der Waals surface area contributed by atoms with Crippen molar-refractivity contribution < 1.29 is 14.3 Å². The summed E-state index contributed by atoms with van der Waals surface area (Å²) in [5.41, 5.74) is 1.83. The number of amides is 1. The lowest BCUT2D eigenvalue weighted by atomic mass is 10.1. The van der Waals surface area contributed by atoms with Gasteiger partial charge in [-0.05, 0) is 37.1 Å². The van der Waals surface area contributed by atoms with E-state index in [2.05, 4.69) is 5.32 Å². The fourth-order valence-corrected chi connectivity index (χ4v) is 1.95. The minimum absolute atomic E-state index is 0.0267. The number of nitrogens with one attached hydrogen (secondary N) is 1. The zero-order valence-corrected chi connectivity index (χ0v) is 10.7. The normalized spacial score (nSPS) is 12.9. The molecule has 0 bridgehead atoms. The lowest BCUT2D eigenvalue weighted by molar-refractivity contribution is 0.0944. The maximum atomic E-state index is 11.9. The van der Waals surface area contributed by atoms with Gasteiger partial charge in [-0.2, -0.15) is 0 Å². The van der Waals surface area contributed by atoms with Gasteiger partial charge in [-0.15, -0.1) is 0 Å². The third kappa shape index (κ3) is 3.23. The summed E-state index contributed by atoms with van der Waals surface area (Å²) >= 11 is 0. The van der Waals surface area contributed by atoms with Crippen LogP contribution in [0.5, 0.6) is 5.75 Å². The third-order valence-electron chi connectivity index (χ3n) is 2.91. The summed E-state index contributed by atoms with van der Waals surface area (Å²) in [6.45, 7) is 4.74. The number of carbonyl (C=O) groups is 1. The molecule has 0 spiro atoms. The van der Waals surface area contributed by atoms with Crippen molar-refractivity contribution in [2.45, 2.75) is 19.8 Å². The summed E-state index contributed by atoms with van der Waals surface area (Å²) in [5.74, 6) is 0.879. The van der Waals surface area contributed by atoms with Gasteiger partial charge in [0.1, 0.15) is 5.75 Å². The molecule has 0 radical (unpaired) electrons. The Morgan fingerprint density at radius 1 is 1.50 bits per heavy atom. The highest BCUT2D eigenvalue weighted by molar-refractivity contribution is 5.94. The van der Waals surface area contributed by atoms with Gasteiger partial charge in [0.15, 0.2) is 0 Å². The summed E-state index contributed by atoms with van der Waals surface area (Å²) in [6.07, 6.45) is 1.73. The Morgan fingerprint density at radius 2 is 2.39 bits per heavy atom. The second kappa shape index (κ2) is 6.40. The van der Waals surface area contributed by atoms with E-state index in [4.69, 9.17) is 9.47 Å². The molecular formula is C14H19NO3. The van der Waals surface area contributed by atoms with Gasteiger partial charge < -0.3 is 14.8 Å². The van der Waals surface area contributed by atoms with Crippen LogP contribution in [0.1, 0.15) is 29.3 Å². The van der Waals surface area contributed by atoms with Crippen LogP contribution in [0.4, 0.5) is 0 Å². The molecule has 0 aliphatic carbocycles. The Labute approximate surface area is 107 Å². The van der Waals surface area contributed by atoms with Gasteiger partial charge in [-0.3, -0.25) is 4.79 Å². The monoisotopic (exact) mass is 249 g/mol.